The van der Waals surface area contributed by atoms with Crippen LogP contribution < -0.4 is 5.32 Å². The zero-order valence-corrected chi connectivity index (χ0v) is 11.7. The third-order valence-corrected chi connectivity index (χ3v) is 4.37. The van der Waals surface area contributed by atoms with E-state index < -0.39 is 0 Å². The van der Waals surface area contributed by atoms with Crippen molar-refractivity contribution in [3.8, 4) is 0 Å². The van der Waals surface area contributed by atoms with Crippen molar-refractivity contribution in [1.82, 2.24) is 10.2 Å². The molecule has 3 heterocycles. The summed E-state index contributed by atoms with van der Waals surface area (Å²) in [6, 6.07) is 4.04. The second kappa shape index (κ2) is 6.41. The van der Waals surface area contributed by atoms with E-state index in [0.717, 1.165) is 45.7 Å². The fraction of sp³-hybridized carbons (Fsp3) is 0.667. The maximum atomic E-state index is 11.8. The highest BCUT2D eigenvalue weighted by Gasteiger charge is 2.27. The van der Waals surface area contributed by atoms with Crippen molar-refractivity contribution in [3.05, 3.63) is 24.2 Å². The molecule has 0 aliphatic carbocycles. The molecule has 3 rings (SSSR count). The zero-order valence-electron chi connectivity index (χ0n) is 11.7. The Hall–Kier alpha value is -1.33. The summed E-state index contributed by atoms with van der Waals surface area (Å²) >= 11 is 0. The molecule has 1 N–H and O–H groups in total. The second-order valence-corrected chi connectivity index (χ2v) is 5.68. The minimum atomic E-state index is -0.110. The van der Waals surface area contributed by atoms with Gasteiger partial charge in [0.05, 0.1) is 12.9 Å². The van der Waals surface area contributed by atoms with Crippen LogP contribution in [0.5, 0.6) is 0 Å². The molecule has 20 heavy (non-hydrogen) atoms. The molecule has 2 aliphatic heterocycles. The lowest BCUT2D eigenvalue weighted by Crippen LogP contribution is -2.43. The topological polar surface area (TPSA) is 54.7 Å². The lowest BCUT2D eigenvalue weighted by molar-refractivity contribution is 0.0886. The fourth-order valence-corrected chi connectivity index (χ4v) is 3.06. The first-order valence-electron chi connectivity index (χ1n) is 7.46. The van der Waals surface area contributed by atoms with Crippen molar-refractivity contribution >= 4 is 5.91 Å². The van der Waals surface area contributed by atoms with Gasteiger partial charge in [0.15, 0.2) is 5.76 Å². The molecule has 1 unspecified atom stereocenters. The van der Waals surface area contributed by atoms with E-state index in [-0.39, 0.29) is 5.91 Å². The van der Waals surface area contributed by atoms with E-state index in [1.807, 2.05) is 0 Å². The molecule has 0 bridgehead atoms. The number of nitrogens with one attached hydrogen (secondary N) is 1. The number of carbonyl (C=O) groups excluding carboxylic acids is 1. The predicted octanol–water partition coefficient (Wildman–Crippen LogP) is 1.51. The Bertz CT molecular complexity index is 418. The normalized spacial score (nSPS) is 24.9. The van der Waals surface area contributed by atoms with E-state index in [2.05, 4.69) is 10.2 Å². The van der Waals surface area contributed by atoms with Crippen molar-refractivity contribution in [3.63, 3.8) is 0 Å². The monoisotopic (exact) mass is 278 g/mol. The highest BCUT2D eigenvalue weighted by molar-refractivity contribution is 5.91. The van der Waals surface area contributed by atoms with Gasteiger partial charge in [-0.05, 0) is 50.4 Å². The van der Waals surface area contributed by atoms with Gasteiger partial charge in [-0.15, -0.1) is 0 Å². The summed E-state index contributed by atoms with van der Waals surface area (Å²) in [4.78, 5) is 14.3. The van der Waals surface area contributed by atoms with Crippen molar-refractivity contribution in [2.45, 2.75) is 25.3 Å². The Morgan fingerprint density at radius 1 is 1.35 bits per heavy atom. The first kappa shape index (κ1) is 13.6. The molecular formula is C15H22N2O3. The highest BCUT2D eigenvalue weighted by Crippen LogP contribution is 2.21. The van der Waals surface area contributed by atoms with Gasteiger partial charge in [0, 0.05) is 19.2 Å². The predicted molar refractivity (Wildman–Crippen MR) is 74.6 cm³/mol. The van der Waals surface area contributed by atoms with Crippen LogP contribution in [0.25, 0.3) is 0 Å². The van der Waals surface area contributed by atoms with Gasteiger partial charge in [-0.1, -0.05) is 0 Å². The lowest BCUT2D eigenvalue weighted by Gasteiger charge is -2.35. The molecule has 1 aromatic heterocycles. The number of amides is 1. The number of likely N-dealkylation sites (tertiary alicyclic amines) is 1. The maximum absolute atomic E-state index is 11.8. The Labute approximate surface area is 119 Å². The van der Waals surface area contributed by atoms with Crippen molar-refractivity contribution in [2.75, 3.05) is 32.8 Å². The van der Waals surface area contributed by atoms with Gasteiger partial charge in [-0.25, -0.2) is 0 Å². The molecule has 1 atom stereocenters. The lowest BCUT2D eigenvalue weighted by atomic mass is 9.95. The number of carbonyl (C=O) groups is 1. The van der Waals surface area contributed by atoms with Crippen LogP contribution >= 0.6 is 0 Å². The molecule has 0 aromatic carbocycles. The van der Waals surface area contributed by atoms with Gasteiger partial charge in [0.2, 0.25) is 0 Å². The number of furan rings is 1. The first-order valence-corrected chi connectivity index (χ1v) is 7.46. The van der Waals surface area contributed by atoms with E-state index in [0.29, 0.717) is 17.7 Å². The van der Waals surface area contributed by atoms with Crippen molar-refractivity contribution in [1.29, 1.82) is 0 Å². The summed E-state index contributed by atoms with van der Waals surface area (Å²) in [5.41, 5.74) is 0. The van der Waals surface area contributed by atoms with E-state index in [9.17, 15) is 4.79 Å². The zero-order chi connectivity index (χ0) is 13.8. The molecule has 2 aliphatic rings. The van der Waals surface area contributed by atoms with Gasteiger partial charge in [0.1, 0.15) is 0 Å². The van der Waals surface area contributed by atoms with Crippen LogP contribution in [-0.2, 0) is 4.74 Å². The number of hydrogen-bond donors (Lipinski definition) is 1. The third kappa shape index (κ3) is 3.22. The van der Waals surface area contributed by atoms with E-state index in [4.69, 9.17) is 9.15 Å². The average Bonchev–Trinajstić information content (AvgIpc) is 3.18. The minimum Gasteiger partial charge on any atom is -0.459 e. The van der Waals surface area contributed by atoms with Crippen LogP contribution in [0.3, 0.4) is 0 Å². The molecule has 2 fully saturated rings. The number of ether oxygens (including phenoxy) is 1. The molecule has 0 saturated carbocycles. The number of hydrogen-bond acceptors (Lipinski definition) is 4. The van der Waals surface area contributed by atoms with Gasteiger partial charge in [0.25, 0.3) is 5.91 Å². The fourth-order valence-electron chi connectivity index (χ4n) is 3.06. The molecule has 1 aromatic rings. The van der Waals surface area contributed by atoms with Gasteiger partial charge in [-0.3, -0.25) is 9.69 Å². The van der Waals surface area contributed by atoms with Gasteiger partial charge in [-0.2, -0.15) is 0 Å². The van der Waals surface area contributed by atoms with Crippen LogP contribution in [0.2, 0.25) is 0 Å². The van der Waals surface area contributed by atoms with Gasteiger partial charge >= 0.3 is 0 Å². The number of nitrogens with zero attached hydrogens (tertiary/aromatic N) is 1. The quantitative estimate of drug-likeness (QED) is 0.907. The van der Waals surface area contributed by atoms with Crippen LogP contribution in [0.15, 0.2) is 22.8 Å². The van der Waals surface area contributed by atoms with E-state index in [1.54, 1.807) is 12.1 Å². The standard InChI is InChI=1S/C15H22N2O3/c18-15(14-2-1-8-20-14)16-10-12-3-6-17(7-4-12)13-5-9-19-11-13/h1-2,8,12-13H,3-7,9-11H2,(H,16,18). The van der Waals surface area contributed by atoms with E-state index in [1.165, 1.54) is 12.7 Å². The Balaban J connectivity index is 1.39. The van der Waals surface area contributed by atoms with Crippen molar-refractivity contribution < 1.29 is 13.9 Å². The molecule has 0 radical (unpaired) electrons. The first-order chi connectivity index (χ1) is 9.83. The van der Waals surface area contributed by atoms with Crippen LogP contribution in [0.4, 0.5) is 0 Å². The molecule has 5 nitrogen and oxygen atoms in total. The molecule has 1 amide bonds. The second-order valence-electron chi connectivity index (χ2n) is 5.68. The SMILES string of the molecule is O=C(NCC1CCN(C2CCOC2)CC1)c1ccco1. The number of rotatable bonds is 4. The molecule has 2 saturated heterocycles. The Kier molecular flexibility index (Phi) is 4.38. The molecule has 110 valence electrons. The molecule has 0 spiro atoms. The Morgan fingerprint density at radius 2 is 2.20 bits per heavy atom. The summed E-state index contributed by atoms with van der Waals surface area (Å²) in [5, 5.41) is 2.96. The summed E-state index contributed by atoms with van der Waals surface area (Å²) < 4.78 is 10.5. The van der Waals surface area contributed by atoms with Crippen LogP contribution in [-0.4, -0.2) is 49.7 Å². The number of piperidine rings is 1. The van der Waals surface area contributed by atoms with Crippen molar-refractivity contribution in [2.24, 2.45) is 5.92 Å². The van der Waals surface area contributed by atoms with E-state index >= 15 is 0 Å². The summed E-state index contributed by atoms with van der Waals surface area (Å²) in [6.07, 6.45) is 4.99. The Morgan fingerprint density at radius 3 is 2.85 bits per heavy atom. The highest BCUT2D eigenvalue weighted by atomic mass is 16.5. The molecular weight excluding hydrogens is 256 g/mol. The third-order valence-electron chi connectivity index (χ3n) is 4.37. The van der Waals surface area contributed by atoms with Crippen LogP contribution in [0, 0.1) is 5.92 Å². The van der Waals surface area contributed by atoms with Gasteiger partial charge < -0.3 is 14.5 Å². The van der Waals surface area contributed by atoms with Crippen LogP contribution in [0.1, 0.15) is 29.8 Å². The maximum Gasteiger partial charge on any atom is 0.286 e. The smallest absolute Gasteiger partial charge is 0.286 e. The summed E-state index contributed by atoms with van der Waals surface area (Å²) in [7, 11) is 0. The summed E-state index contributed by atoms with van der Waals surface area (Å²) in [5.74, 6) is 0.861. The molecule has 5 heteroatoms. The summed E-state index contributed by atoms with van der Waals surface area (Å²) in [6.45, 7) is 4.78. The largest absolute Gasteiger partial charge is 0.459 e. The minimum absolute atomic E-state index is 0.110. The average molecular weight is 278 g/mol.